The van der Waals surface area contributed by atoms with Gasteiger partial charge < -0.3 is 9.47 Å². The average molecular weight is 301 g/mol. The number of hydrogen-bond donors (Lipinski definition) is 1. The van der Waals surface area contributed by atoms with Crippen molar-refractivity contribution in [3.8, 4) is 0 Å². The molecule has 4 nitrogen and oxygen atoms in total. The fourth-order valence-corrected chi connectivity index (χ4v) is 1.35. The fraction of sp³-hybridized carbons (Fsp3) is 0.875. The molecule has 0 aromatic carbocycles. The third kappa shape index (κ3) is 6.23. The van der Waals surface area contributed by atoms with Crippen LogP contribution in [0, 0.1) is 0 Å². The molecule has 0 rings (SSSR count). The predicted molar refractivity (Wildman–Crippen MR) is 58.7 cm³/mol. The number of halogens is 1. The molecule has 0 aliphatic carbocycles. The summed E-state index contributed by atoms with van der Waals surface area (Å²) in [7, 11) is 1.38. The SMILES string of the molecule is COC(=O)[C@@H](CCOC(C)C)NI. The fourth-order valence-electron chi connectivity index (χ4n) is 0.781. The Kier molecular flexibility index (Phi) is 7.59. The van der Waals surface area contributed by atoms with E-state index in [1.807, 2.05) is 36.7 Å². The van der Waals surface area contributed by atoms with Gasteiger partial charge >= 0.3 is 5.97 Å². The Balaban J connectivity index is 3.66. The Hall–Kier alpha value is 0.120. The molecule has 0 saturated carbocycles. The van der Waals surface area contributed by atoms with Crippen LogP contribution in [0.1, 0.15) is 20.3 Å². The van der Waals surface area contributed by atoms with Gasteiger partial charge in [-0.25, -0.2) is 3.53 Å². The van der Waals surface area contributed by atoms with E-state index in [2.05, 4.69) is 8.27 Å². The summed E-state index contributed by atoms with van der Waals surface area (Å²) in [5.74, 6) is -0.248. The van der Waals surface area contributed by atoms with Crippen molar-refractivity contribution in [3.63, 3.8) is 0 Å². The van der Waals surface area contributed by atoms with Crippen molar-refractivity contribution >= 4 is 28.8 Å². The Morgan fingerprint density at radius 3 is 2.54 bits per heavy atom. The molecule has 0 amide bonds. The van der Waals surface area contributed by atoms with E-state index in [0.717, 1.165) is 0 Å². The molecule has 0 spiro atoms. The van der Waals surface area contributed by atoms with Crippen LogP contribution < -0.4 is 3.53 Å². The number of methoxy groups -OCH3 is 1. The highest BCUT2D eigenvalue weighted by molar-refractivity contribution is 14.1. The van der Waals surface area contributed by atoms with Gasteiger partial charge in [0.2, 0.25) is 0 Å². The van der Waals surface area contributed by atoms with Gasteiger partial charge in [-0.05, 0) is 20.3 Å². The first-order chi connectivity index (χ1) is 6.11. The molecular formula is C8H16INO3. The van der Waals surface area contributed by atoms with Crippen LogP contribution in [0.3, 0.4) is 0 Å². The van der Waals surface area contributed by atoms with Crippen LogP contribution in [0.25, 0.3) is 0 Å². The molecule has 13 heavy (non-hydrogen) atoms. The maximum Gasteiger partial charge on any atom is 0.323 e. The quantitative estimate of drug-likeness (QED) is 0.456. The van der Waals surface area contributed by atoms with Gasteiger partial charge in [0.1, 0.15) is 6.04 Å². The van der Waals surface area contributed by atoms with E-state index < -0.39 is 0 Å². The third-order valence-corrected chi connectivity index (χ3v) is 2.23. The summed E-state index contributed by atoms with van der Waals surface area (Å²) in [6, 6.07) is -0.274. The van der Waals surface area contributed by atoms with E-state index in [9.17, 15) is 4.79 Å². The maximum atomic E-state index is 11.1. The number of rotatable bonds is 6. The Bertz CT molecular complexity index is 152. The van der Waals surface area contributed by atoms with Crippen LogP contribution in [-0.4, -0.2) is 31.8 Å². The monoisotopic (exact) mass is 301 g/mol. The van der Waals surface area contributed by atoms with Crippen molar-refractivity contribution in [1.82, 2.24) is 3.53 Å². The van der Waals surface area contributed by atoms with Gasteiger partial charge in [-0.1, -0.05) is 0 Å². The molecule has 1 atom stereocenters. The van der Waals surface area contributed by atoms with E-state index in [0.29, 0.717) is 13.0 Å². The highest BCUT2D eigenvalue weighted by atomic mass is 127. The average Bonchev–Trinajstić information content (AvgIpc) is 2.11. The van der Waals surface area contributed by atoms with Crippen LogP contribution >= 0.6 is 22.9 Å². The van der Waals surface area contributed by atoms with E-state index in [1.165, 1.54) is 7.11 Å². The molecule has 0 aliphatic heterocycles. The van der Waals surface area contributed by atoms with Crippen LogP contribution in [0.2, 0.25) is 0 Å². The molecule has 1 N–H and O–H groups in total. The Labute approximate surface area is 92.9 Å². The van der Waals surface area contributed by atoms with Gasteiger partial charge in [-0.2, -0.15) is 0 Å². The molecule has 5 heteroatoms. The van der Waals surface area contributed by atoms with Crippen molar-refractivity contribution in [2.45, 2.75) is 32.4 Å². The first kappa shape index (κ1) is 13.1. The van der Waals surface area contributed by atoms with Crippen molar-refractivity contribution in [2.75, 3.05) is 13.7 Å². The zero-order valence-corrected chi connectivity index (χ0v) is 10.3. The van der Waals surface area contributed by atoms with E-state index in [1.54, 1.807) is 0 Å². The van der Waals surface area contributed by atoms with E-state index in [4.69, 9.17) is 4.74 Å². The minimum Gasteiger partial charge on any atom is -0.468 e. The minimum atomic E-state index is -0.274. The number of hydrogen-bond acceptors (Lipinski definition) is 4. The van der Waals surface area contributed by atoms with Crippen molar-refractivity contribution in [1.29, 1.82) is 0 Å². The van der Waals surface area contributed by atoms with Gasteiger partial charge in [-0.15, -0.1) is 0 Å². The minimum absolute atomic E-state index is 0.201. The molecule has 78 valence electrons. The van der Waals surface area contributed by atoms with Gasteiger partial charge in [-0.3, -0.25) is 4.79 Å². The van der Waals surface area contributed by atoms with E-state index in [-0.39, 0.29) is 18.1 Å². The summed E-state index contributed by atoms with van der Waals surface area (Å²) in [5.41, 5.74) is 0. The maximum absolute atomic E-state index is 11.1. The van der Waals surface area contributed by atoms with Crippen LogP contribution in [0.5, 0.6) is 0 Å². The highest BCUT2D eigenvalue weighted by Gasteiger charge is 2.16. The number of esters is 1. The molecule has 0 aromatic heterocycles. The van der Waals surface area contributed by atoms with Crippen molar-refractivity contribution in [2.24, 2.45) is 0 Å². The lowest BCUT2D eigenvalue weighted by atomic mass is 10.2. The standard InChI is InChI=1S/C8H16INO3/c1-6(2)13-5-4-7(10-9)8(11)12-3/h6-7,10H,4-5H2,1-3H3/t7-/m1/s1. The van der Waals surface area contributed by atoms with E-state index >= 15 is 0 Å². The largest absolute Gasteiger partial charge is 0.468 e. The molecule has 0 aromatic rings. The number of ether oxygens (including phenoxy) is 2. The number of nitrogens with one attached hydrogen (secondary N) is 1. The summed E-state index contributed by atoms with van der Waals surface area (Å²) in [6.07, 6.45) is 0.834. The topological polar surface area (TPSA) is 47.6 Å². The molecule has 0 bridgehead atoms. The number of carbonyl (C=O) groups excluding carboxylic acids is 1. The van der Waals surface area contributed by atoms with Gasteiger partial charge in [0, 0.05) is 29.5 Å². The predicted octanol–water partition coefficient (Wildman–Crippen LogP) is 1.28. The van der Waals surface area contributed by atoms with Gasteiger partial charge in [0.05, 0.1) is 13.2 Å². The summed E-state index contributed by atoms with van der Waals surface area (Å²) >= 11 is 1.94. The number of carbonyl (C=O) groups is 1. The van der Waals surface area contributed by atoms with Gasteiger partial charge in [0.25, 0.3) is 0 Å². The summed E-state index contributed by atoms with van der Waals surface area (Å²) in [5, 5.41) is 0. The van der Waals surface area contributed by atoms with Crippen LogP contribution in [-0.2, 0) is 14.3 Å². The molecule has 0 saturated heterocycles. The Morgan fingerprint density at radius 2 is 2.15 bits per heavy atom. The first-order valence-corrected chi connectivity index (χ1v) is 5.25. The smallest absolute Gasteiger partial charge is 0.323 e. The second kappa shape index (κ2) is 7.52. The van der Waals surface area contributed by atoms with Gasteiger partial charge in [0.15, 0.2) is 0 Å². The third-order valence-electron chi connectivity index (χ3n) is 1.48. The van der Waals surface area contributed by atoms with Crippen LogP contribution in [0.4, 0.5) is 0 Å². The zero-order valence-electron chi connectivity index (χ0n) is 8.17. The molecule has 0 radical (unpaired) electrons. The molecule has 0 aliphatic rings. The normalized spacial score (nSPS) is 13.0. The first-order valence-electron chi connectivity index (χ1n) is 4.17. The molecule has 0 unspecified atom stereocenters. The van der Waals surface area contributed by atoms with Crippen LogP contribution in [0.15, 0.2) is 0 Å². The second-order valence-corrected chi connectivity index (χ2v) is 3.52. The zero-order chi connectivity index (χ0) is 10.3. The Morgan fingerprint density at radius 1 is 1.54 bits per heavy atom. The highest BCUT2D eigenvalue weighted by Crippen LogP contribution is 1.99. The van der Waals surface area contributed by atoms with Crippen molar-refractivity contribution in [3.05, 3.63) is 0 Å². The van der Waals surface area contributed by atoms with Crippen molar-refractivity contribution < 1.29 is 14.3 Å². The lowest BCUT2D eigenvalue weighted by Gasteiger charge is -2.13. The lowest BCUT2D eigenvalue weighted by Crippen LogP contribution is -2.33. The lowest BCUT2D eigenvalue weighted by molar-refractivity contribution is -0.143. The molecule has 0 fully saturated rings. The summed E-state index contributed by atoms with van der Waals surface area (Å²) in [4.78, 5) is 11.1. The summed E-state index contributed by atoms with van der Waals surface area (Å²) < 4.78 is 12.8. The summed E-state index contributed by atoms with van der Waals surface area (Å²) in [6.45, 7) is 4.49. The molecular weight excluding hydrogens is 285 g/mol. The molecule has 0 heterocycles. The second-order valence-electron chi connectivity index (χ2n) is 2.89.